The molecule has 3 nitrogen and oxygen atoms in total. The Hall–Kier alpha value is -0.136. The van der Waals surface area contributed by atoms with Gasteiger partial charge in [-0.2, -0.15) is 0 Å². The van der Waals surface area contributed by atoms with Crippen molar-refractivity contribution in [3.05, 3.63) is 0 Å². The van der Waals surface area contributed by atoms with Crippen molar-refractivity contribution < 1.29 is 13.6 Å². The van der Waals surface area contributed by atoms with Gasteiger partial charge in [0.05, 0.1) is 5.60 Å². The zero-order chi connectivity index (χ0) is 14.6. The van der Waals surface area contributed by atoms with Crippen LogP contribution in [0.2, 0.25) is 39.3 Å². The zero-order valence-corrected chi connectivity index (χ0v) is 15.3. The third kappa shape index (κ3) is 11.0. The smallest absolute Gasteiger partial charge is 0.292 e. The predicted molar refractivity (Wildman–Crippen MR) is 81.8 cm³/mol. The lowest BCUT2D eigenvalue weighted by Gasteiger charge is -2.33. The second-order valence-electron chi connectivity index (χ2n) is 7.41. The standard InChI is InChI=1S/C13H30O3Si2/c1-13(2,16-18(6,7)8)11-9-10-12(14)15-17(3,4)5/h9-11H2,1-8H3. The molecule has 0 fully saturated rings. The normalized spacial score (nSPS) is 13.6. The van der Waals surface area contributed by atoms with Crippen LogP contribution < -0.4 is 0 Å². The van der Waals surface area contributed by atoms with Crippen LogP contribution >= 0.6 is 0 Å². The molecule has 0 radical (unpaired) electrons. The first-order chi connectivity index (χ1) is 7.81. The lowest BCUT2D eigenvalue weighted by atomic mass is 10.0. The van der Waals surface area contributed by atoms with Gasteiger partial charge in [-0.1, -0.05) is 0 Å². The summed E-state index contributed by atoms with van der Waals surface area (Å²) in [6, 6.07) is 0. The van der Waals surface area contributed by atoms with Crippen molar-refractivity contribution in [3.8, 4) is 0 Å². The van der Waals surface area contributed by atoms with Gasteiger partial charge in [0.25, 0.3) is 5.97 Å². The molecule has 0 aromatic heterocycles. The highest BCUT2D eigenvalue weighted by molar-refractivity contribution is 6.71. The van der Waals surface area contributed by atoms with Crippen LogP contribution in [0.4, 0.5) is 0 Å². The maximum atomic E-state index is 11.6. The van der Waals surface area contributed by atoms with Gasteiger partial charge < -0.3 is 8.85 Å². The summed E-state index contributed by atoms with van der Waals surface area (Å²) < 4.78 is 11.5. The van der Waals surface area contributed by atoms with Crippen LogP contribution in [0, 0.1) is 0 Å². The molecule has 0 aliphatic heterocycles. The molecule has 0 heterocycles. The molecule has 0 aromatic rings. The number of hydrogen-bond donors (Lipinski definition) is 0. The Labute approximate surface area is 115 Å². The molecule has 0 aromatic carbocycles. The fourth-order valence-corrected chi connectivity index (χ4v) is 4.48. The van der Waals surface area contributed by atoms with Crippen molar-refractivity contribution >= 4 is 22.6 Å². The molecule has 0 unspecified atom stereocenters. The minimum Gasteiger partial charge on any atom is -0.520 e. The van der Waals surface area contributed by atoms with Crippen molar-refractivity contribution in [2.45, 2.75) is 78.0 Å². The van der Waals surface area contributed by atoms with Gasteiger partial charge in [0.15, 0.2) is 8.32 Å². The molecule has 0 atom stereocenters. The number of carbonyl (C=O) groups excluding carboxylic acids is 1. The lowest BCUT2D eigenvalue weighted by Crippen LogP contribution is -2.38. The van der Waals surface area contributed by atoms with Gasteiger partial charge in [0, 0.05) is 6.42 Å². The van der Waals surface area contributed by atoms with Gasteiger partial charge in [-0.05, 0) is 66.0 Å². The van der Waals surface area contributed by atoms with E-state index in [1.807, 2.05) is 19.6 Å². The fourth-order valence-electron chi connectivity index (χ4n) is 1.93. The van der Waals surface area contributed by atoms with Gasteiger partial charge in [-0.3, -0.25) is 4.79 Å². The molecule has 18 heavy (non-hydrogen) atoms. The van der Waals surface area contributed by atoms with E-state index in [1.54, 1.807) is 0 Å². The lowest BCUT2D eigenvalue weighted by molar-refractivity contribution is -0.135. The molecule has 0 saturated heterocycles. The summed E-state index contributed by atoms with van der Waals surface area (Å²) in [5.41, 5.74) is -0.135. The van der Waals surface area contributed by atoms with E-state index in [2.05, 4.69) is 33.5 Å². The number of rotatable bonds is 7. The molecule has 0 spiro atoms. The average Bonchev–Trinajstić information content (AvgIpc) is 1.93. The molecule has 0 amide bonds. The quantitative estimate of drug-likeness (QED) is 0.660. The topological polar surface area (TPSA) is 35.5 Å². The zero-order valence-electron chi connectivity index (χ0n) is 13.3. The SMILES string of the molecule is CC(C)(CCCC(=O)O[Si](C)(C)C)O[Si](C)(C)C. The maximum absolute atomic E-state index is 11.6. The van der Waals surface area contributed by atoms with Crippen LogP contribution in [-0.2, 0) is 13.6 Å². The molecule has 0 N–H and O–H groups in total. The second kappa shape index (κ2) is 6.34. The third-order valence-electron chi connectivity index (χ3n) is 2.16. The summed E-state index contributed by atoms with van der Waals surface area (Å²) in [4.78, 5) is 11.6. The first-order valence-electron chi connectivity index (χ1n) is 6.73. The number of carbonyl (C=O) groups is 1. The third-order valence-corrected chi connectivity index (χ3v) is 4.17. The van der Waals surface area contributed by atoms with E-state index in [9.17, 15) is 4.79 Å². The van der Waals surface area contributed by atoms with Crippen molar-refractivity contribution in [2.75, 3.05) is 0 Å². The predicted octanol–water partition coefficient (Wildman–Crippen LogP) is 4.16. The first kappa shape index (κ1) is 17.9. The summed E-state index contributed by atoms with van der Waals surface area (Å²) in [5, 5.41) is 0. The summed E-state index contributed by atoms with van der Waals surface area (Å²) in [6.45, 7) is 16.9. The molecule has 0 aliphatic carbocycles. The van der Waals surface area contributed by atoms with Crippen molar-refractivity contribution in [1.29, 1.82) is 0 Å². The monoisotopic (exact) mass is 290 g/mol. The molecule has 108 valence electrons. The first-order valence-corrected chi connectivity index (χ1v) is 13.5. The Bertz CT molecular complexity index is 275. The van der Waals surface area contributed by atoms with Crippen LogP contribution in [0.5, 0.6) is 0 Å². The molecule has 0 bridgehead atoms. The highest BCUT2D eigenvalue weighted by Crippen LogP contribution is 2.23. The maximum Gasteiger partial charge on any atom is 0.292 e. The van der Waals surface area contributed by atoms with E-state index in [4.69, 9.17) is 8.85 Å². The van der Waals surface area contributed by atoms with Gasteiger partial charge in [-0.25, -0.2) is 0 Å². The Morgan fingerprint density at radius 1 is 1.00 bits per heavy atom. The van der Waals surface area contributed by atoms with Crippen molar-refractivity contribution in [1.82, 2.24) is 0 Å². The highest BCUT2D eigenvalue weighted by Gasteiger charge is 2.27. The van der Waals surface area contributed by atoms with Crippen LogP contribution in [-0.4, -0.2) is 28.2 Å². The minimum atomic E-state index is -1.73. The van der Waals surface area contributed by atoms with Crippen molar-refractivity contribution in [3.63, 3.8) is 0 Å². The fraction of sp³-hybridized carbons (Fsp3) is 0.923. The van der Waals surface area contributed by atoms with Gasteiger partial charge in [-0.15, -0.1) is 0 Å². The van der Waals surface area contributed by atoms with E-state index in [1.165, 1.54) is 0 Å². The summed E-state index contributed by atoms with van der Waals surface area (Å²) in [5.74, 6) is -0.0574. The van der Waals surface area contributed by atoms with Gasteiger partial charge in [0.1, 0.15) is 0 Å². The molecule has 5 heteroatoms. The second-order valence-corrected chi connectivity index (χ2v) is 16.3. The molecule has 0 rings (SSSR count). The van der Waals surface area contributed by atoms with Crippen LogP contribution in [0.25, 0.3) is 0 Å². The van der Waals surface area contributed by atoms with Gasteiger partial charge in [0.2, 0.25) is 8.32 Å². The molecular weight excluding hydrogens is 260 g/mol. The van der Waals surface area contributed by atoms with E-state index in [-0.39, 0.29) is 11.6 Å². The highest BCUT2D eigenvalue weighted by atomic mass is 28.4. The Balaban J connectivity index is 4.00. The van der Waals surface area contributed by atoms with Gasteiger partial charge >= 0.3 is 0 Å². The molecule has 0 saturated carbocycles. The Kier molecular flexibility index (Phi) is 6.30. The van der Waals surface area contributed by atoms with E-state index in [0.717, 1.165) is 12.8 Å². The molecule has 0 aliphatic rings. The Morgan fingerprint density at radius 3 is 1.89 bits per heavy atom. The van der Waals surface area contributed by atoms with E-state index < -0.39 is 16.6 Å². The summed E-state index contributed by atoms with van der Waals surface area (Å²) in [7, 11) is -3.25. The van der Waals surface area contributed by atoms with Crippen molar-refractivity contribution in [2.24, 2.45) is 0 Å². The molecular formula is C13H30O3Si2. The largest absolute Gasteiger partial charge is 0.520 e. The van der Waals surface area contributed by atoms with Crippen LogP contribution in [0.3, 0.4) is 0 Å². The number of hydrogen-bond acceptors (Lipinski definition) is 3. The average molecular weight is 291 g/mol. The summed E-state index contributed by atoms with van der Waals surface area (Å²) >= 11 is 0. The van der Waals surface area contributed by atoms with E-state index in [0.29, 0.717) is 6.42 Å². The summed E-state index contributed by atoms with van der Waals surface area (Å²) in [6.07, 6.45) is 2.24. The minimum absolute atomic E-state index is 0.0574. The Morgan fingerprint density at radius 2 is 1.50 bits per heavy atom. The van der Waals surface area contributed by atoms with E-state index >= 15 is 0 Å². The van der Waals surface area contributed by atoms with Crippen LogP contribution in [0.1, 0.15) is 33.1 Å². The van der Waals surface area contributed by atoms with Crippen LogP contribution in [0.15, 0.2) is 0 Å².